The van der Waals surface area contributed by atoms with Crippen molar-refractivity contribution in [3.63, 3.8) is 0 Å². The van der Waals surface area contributed by atoms with Gasteiger partial charge in [-0.05, 0) is 41.5 Å². The highest BCUT2D eigenvalue weighted by Crippen LogP contribution is 2.61. The first-order valence-corrected chi connectivity index (χ1v) is 13.2. The molecule has 0 bridgehead atoms. The minimum absolute atomic E-state index is 0.0846. The van der Waals surface area contributed by atoms with Crippen molar-refractivity contribution in [2.24, 2.45) is 5.41 Å². The van der Waals surface area contributed by atoms with Crippen LogP contribution in [0.4, 0.5) is 10.1 Å². The molecule has 4 aromatic carbocycles. The highest BCUT2D eigenvalue weighted by atomic mass is 19.1. The second kappa shape index (κ2) is 8.85. The maximum absolute atomic E-state index is 15.2. The lowest BCUT2D eigenvalue weighted by molar-refractivity contribution is 0.0665. The summed E-state index contributed by atoms with van der Waals surface area (Å²) in [4.78, 5) is 45.6. The lowest BCUT2D eigenvalue weighted by atomic mass is 9.64. The molecular weight excluding hydrogens is 505 g/mol. The van der Waals surface area contributed by atoms with E-state index < -0.39 is 35.0 Å². The van der Waals surface area contributed by atoms with Crippen molar-refractivity contribution in [3.8, 4) is 5.75 Å². The summed E-state index contributed by atoms with van der Waals surface area (Å²) >= 11 is 0. The first-order chi connectivity index (χ1) is 19.5. The topological polar surface area (TPSA) is 63.7 Å². The number of benzene rings is 4. The van der Waals surface area contributed by atoms with Gasteiger partial charge in [-0.1, -0.05) is 78.9 Å². The van der Waals surface area contributed by atoms with Gasteiger partial charge in [0.2, 0.25) is 0 Å². The second-order valence-electron chi connectivity index (χ2n) is 10.4. The van der Waals surface area contributed by atoms with Crippen LogP contribution in [0, 0.1) is 11.2 Å². The molecule has 1 spiro atoms. The Labute approximate surface area is 230 Å². The number of carbonyl (C=O) groups excluding carboxylic acids is 3. The van der Waals surface area contributed by atoms with E-state index in [0.29, 0.717) is 28.1 Å². The van der Waals surface area contributed by atoms with Gasteiger partial charge in [-0.2, -0.15) is 0 Å². The zero-order chi connectivity index (χ0) is 27.6. The van der Waals surface area contributed by atoms with E-state index in [2.05, 4.69) is 0 Å². The minimum Gasteiger partial charge on any atom is -0.497 e. The Kier molecular flexibility index (Phi) is 5.36. The number of methoxy groups -OCH3 is 1. The number of hydrogen-bond acceptors (Lipinski definition) is 5. The molecule has 2 aliphatic heterocycles. The molecule has 0 radical (unpaired) electrons. The molecule has 0 saturated carbocycles. The Morgan fingerprint density at radius 2 is 1.52 bits per heavy atom. The number of hydrogen-bond donors (Lipinski definition) is 0. The van der Waals surface area contributed by atoms with Crippen molar-refractivity contribution in [3.05, 3.63) is 137 Å². The molecule has 1 saturated heterocycles. The van der Waals surface area contributed by atoms with E-state index in [0.717, 1.165) is 5.56 Å². The Morgan fingerprint density at radius 1 is 0.850 bits per heavy atom. The molecule has 0 aromatic heterocycles. The minimum atomic E-state index is -1.65. The van der Waals surface area contributed by atoms with Crippen molar-refractivity contribution in [1.82, 2.24) is 0 Å². The summed E-state index contributed by atoms with van der Waals surface area (Å²) in [6, 6.07) is 25.5. The zero-order valence-electron chi connectivity index (χ0n) is 21.6. The molecule has 0 amide bonds. The smallest absolute Gasteiger partial charge is 0.188 e. The quantitative estimate of drug-likeness (QED) is 0.234. The molecule has 7 rings (SSSR count). The van der Waals surface area contributed by atoms with Gasteiger partial charge in [-0.3, -0.25) is 14.4 Å². The van der Waals surface area contributed by atoms with Gasteiger partial charge in [0.15, 0.2) is 17.3 Å². The van der Waals surface area contributed by atoms with Crippen molar-refractivity contribution in [2.75, 3.05) is 12.0 Å². The van der Waals surface area contributed by atoms with E-state index in [1.165, 1.54) is 25.3 Å². The number of anilines is 1. The van der Waals surface area contributed by atoms with Gasteiger partial charge in [-0.15, -0.1) is 0 Å². The Hall–Kier alpha value is -4.84. The first kappa shape index (κ1) is 24.2. The van der Waals surface area contributed by atoms with Gasteiger partial charge in [-0.25, -0.2) is 4.39 Å². The Morgan fingerprint density at radius 3 is 2.25 bits per heavy atom. The van der Waals surface area contributed by atoms with Crippen LogP contribution in [0.3, 0.4) is 0 Å². The number of para-hydroxylation sites is 1. The molecule has 1 fully saturated rings. The SMILES string of the molecule is COc1cccc([C@H]2[C@H](C(=O)c3ccccc3F)N3c4ccccc4C=C[C@@H]3C23C(=O)c2ccccc2C3=O)c1. The van der Waals surface area contributed by atoms with Crippen LogP contribution >= 0.6 is 0 Å². The van der Waals surface area contributed by atoms with Crippen molar-refractivity contribution < 1.29 is 23.5 Å². The van der Waals surface area contributed by atoms with Crippen LogP contribution in [0.2, 0.25) is 0 Å². The summed E-state index contributed by atoms with van der Waals surface area (Å²) in [6.45, 7) is 0. The van der Waals surface area contributed by atoms with Crippen LogP contribution in [0.5, 0.6) is 5.75 Å². The fourth-order valence-corrected chi connectivity index (χ4v) is 6.95. The third kappa shape index (κ3) is 3.10. The summed E-state index contributed by atoms with van der Waals surface area (Å²) in [7, 11) is 1.54. The predicted molar refractivity (Wildman–Crippen MR) is 150 cm³/mol. The number of ketones is 3. The number of nitrogens with zero attached hydrogens (tertiary/aromatic N) is 1. The largest absolute Gasteiger partial charge is 0.497 e. The lowest BCUT2D eigenvalue weighted by Crippen LogP contribution is -2.48. The van der Waals surface area contributed by atoms with E-state index in [9.17, 15) is 14.4 Å². The summed E-state index contributed by atoms with van der Waals surface area (Å²) in [5.41, 5.74) is 1.11. The monoisotopic (exact) mass is 529 g/mol. The fraction of sp³-hybridized carbons (Fsp3) is 0.147. The van der Waals surface area contributed by atoms with Gasteiger partial charge >= 0.3 is 0 Å². The number of ether oxygens (including phenoxy) is 1. The van der Waals surface area contributed by atoms with Crippen molar-refractivity contribution >= 4 is 29.1 Å². The maximum atomic E-state index is 15.2. The highest BCUT2D eigenvalue weighted by molar-refractivity contribution is 6.32. The number of rotatable bonds is 4. The molecule has 5 nitrogen and oxygen atoms in total. The van der Waals surface area contributed by atoms with E-state index >= 15 is 4.39 Å². The third-order valence-corrected chi connectivity index (χ3v) is 8.57. The molecule has 3 aliphatic rings. The maximum Gasteiger partial charge on any atom is 0.188 e. The second-order valence-corrected chi connectivity index (χ2v) is 10.4. The van der Waals surface area contributed by atoms with Crippen LogP contribution in [-0.2, 0) is 0 Å². The molecule has 6 heteroatoms. The lowest BCUT2D eigenvalue weighted by Gasteiger charge is -2.37. The number of Topliss-reactive ketones (excluding diaryl/α,β-unsaturated/α-hetero) is 3. The molecule has 0 unspecified atom stereocenters. The van der Waals surface area contributed by atoms with Crippen LogP contribution < -0.4 is 9.64 Å². The third-order valence-electron chi connectivity index (χ3n) is 8.57. The van der Waals surface area contributed by atoms with Crippen LogP contribution in [-0.4, -0.2) is 36.5 Å². The van der Waals surface area contributed by atoms with E-state index in [1.807, 2.05) is 47.4 Å². The molecule has 2 heterocycles. The van der Waals surface area contributed by atoms with Gasteiger partial charge in [0, 0.05) is 22.7 Å². The average Bonchev–Trinajstić information content (AvgIpc) is 3.43. The van der Waals surface area contributed by atoms with E-state index in [-0.39, 0.29) is 17.1 Å². The van der Waals surface area contributed by atoms with Crippen LogP contribution in [0.25, 0.3) is 6.08 Å². The highest BCUT2D eigenvalue weighted by Gasteiger charge is 2.71. The summed E-state index contributed by atoms with van der Waals surface area (Å²) in [5.74, 6) is -2.20. The number of halogens is 1. The van der Waals surface area contributed by atoms with E-state index in [4.69, 9.17) is 4.74 Å². The van der Waals surface area contributed by atoms with Crippen molar-refractivity contribution in [2.45, 2.75) is 18.0 Å². The average molecular weight is 530 g/mol. The Bertz CT molecular complexity index is 1720. The molecule has 4 aromatic rings. The molecular formula is C34H24FNO4. The van der Waals surface area contributed by atoms with Crippen LogP contribution in [0.1, 0.15) is 48.1 Å². The normalized spacial score (nSPS) is 21.8. The molecule has 40 heavy (non-hydrogen) atoms. The molecule has 0 N–H and O–H groups in total. The first-order valence-electron chi connectivity index (χ1n) is 13.2. The zero-order valence-corrected chi connectivity index (χ0v) is 21.6. The van der Waals surface area contributed by atoms with Crippen LogP contribution in [0.15, 0.2) is 103 Å². The Balaban J connectivity index is 1.57. The van der Waals surface area contributed by atoms with Gasteiger partial charge in [0.25, 0.3) is 0 Å². The van der Waals surface area contributed by atoms with E-state index in [1.54, 1.807) is 48.5 Å². The summed E-state index contributed by atoms with van der Waals surface area (Å²) in [5, 5.41) is 0. The fourth-order valence-electron chi connectivity index (χ4n) is 6.95. The van der Waals surface area contributed by atoms with Gasteiger partial charge in [0.05, 0.1) is 18.7 Å². The molecule has 196 valence electrons. The number of carbonyl (C=O) groups is 3. The van der Waals surface area contributed by atoms with Crippen molar-refractivity contribution in [1.29, 1.82) is 0 Å². The van der Waals surface area contributed by atoms with Gasteiger partial charge in [0.1, 0.15) is 23.0 Å². The number of fused-ring (bicyclic) bond motifs is 5. The predicted octanol–water partition coefficient (Wildman–Crippen LogP) is 6.15. The molecule has 3 atom stereocenters. The summed E-state index contributed by atoms with van der Waals surface area (Å²) in [6.07, 6.45) is 3.76. The molecule has 1 aliphatic carbocycles. The summed E-state index contributed by atoms with van der Waals surface area (Å²) < 4.78 is 20.7. The van der Waals surface area contributed by atoms with Gasteiger partial charge < -0.3 is 9.64 Å². The standard InChI is InChI=1S/C34H24FNO4/c1-40-22-11-8-10-21(19-22)29-30(31(37)25-14-5-6-15-26(25)35)36-27-16-7-2-9-20(27)17-18-28(36)34(29)32(38)23-12-3-4-13-24(23)33(34)39/h2-19,28-30H,1H3/t28-,29+,30-/m1/s1.